The van der Waals surface area contributed by atoms with E-state index in [9.17, 15) is 0 Å². The van der Waals surface area contributed by atoms with Crippen LogP contribution in [0.5, 0.6) is 0 Å². The normalized spacial score (nSPS) is 12.5. The summed E-state index contributed by atoms with van der Waals surface area (Å²) in [7, 11) is 0. The standard InChI is InChI=1S/C23H30N6O/c1-3-24-23(25-14-19(2)16-30-17-20-10-6-4-7-11-20)26-15-22-28-27-18-29(22)21-12-8-5-9-13-21/h4-13,18-19H,3,14-17H2,1-2H3,(H2,24,25,26). The van der Waals surface area contributed by atoms with Crippen LogP contribution in [0.4, 0.5) is 0 Å². The van der Waals surface area contributed by atoms with E-state index in [2.05, 4.69) is 51.8 Å². The minimum absolute atomic E-state index is 0.352. The van der Waals surface area contributed by atoms with E-state index in [1.165, 1.54) is 5.56 Å². The van der Waals surface area contributed by atoms with Crippen molar-refractivity contribution >= 4 is 5.96 Å². The molecule has 7 nitrogen and oxygen atoms in total. The van der Waals surface area contributed by atoms with Crippen molar-refractivity contribution in [1.82, 2.24) is 25.4 Å². The number of hydrogen-bond donors (Lipinski definition) is 2. The van der Waals surface area contributed by atoms with Gasteiger partial charge in [0.05, 0.1) is 13.2 Å². The van der Waals surface area contributed by atoms with Crippen molar-refractivity contribution in [2.24, 2.45) is 10.9 Å². The molecular formula is C23H30N6O. The highest BCUT2D eigenvalue weighted by Crippen LogP contribution is 2.09. The monoisotopic (exact) mass is 406 g/mol. The maximum Gasteiger partial charge on any atom is 0.191 e. The van der Waals surface area contributed by atoms with Gasteiger partial charge in [0.1, 0.15) is 12.9 Å². The zero-order chi connectivity index (χ0) is 21.0. The maximum absolute atomic E-state index is 5.84. The molecule has 7 heteroatoms. The van der Waals surface area contributed by atoms with E-state index >= 15 is 0 Å². The molecule has 3 rings (SSSR count). The lowest BCUT2D eigenvalue weighted by molar-refractivity contribution is 0.0931. The molecule has 0 saturated carbocycles. The molecule has 0 aliphatic rings. The van der Waals surface area contributed by atoms with Gasteiger partial charge in [-0.15, -0.1) is 10.2 Å². The molecule has 1 unspecified atom stereocenters. The summed E-state index contributed by atoms with van der Waals surface area (Å²) in [5.74, 6) is 1.90. The summed E-state index contributed by atoms with van der Waals surface area (Å²) in [6, 6.07) is 20.3. The Bertz CT molecular complexity index is 894. The molecule has 0 saturated heterocycles. The van der Waals surface area contributed by atoms with Gasteiger partial charge in [0.15, 0.2) is 11.8 Å². The first-order chi connectivity index (χ1) is 14.8. The Kier molecular flexibility index (Phi) is 8.41. The molecule has 0 spiro atoms. The van der Waals surface area contributed by atoms with Gasteiger partial charge >= 0.3 is 0 Å². The van der Waals surface area contributed by atoms with Gasteiger partial charge in [0.25, 0.3) is 0 Å². The van der Waals surface area contributed by atoms with Gasteiger partial charge in [-0.25, -0.2) is 4.99 Å². The summed E-state index contributed by atoms with van der Waals surface area (Å²) in [5, 5.41) is 14.9. The average Bonchev–Trinajstić information content (AvgIpc) is 3.26. The Balaban J connectivity index is 1.49. The fourth-order valence-corrected chi connectivity index (χ4v) is 2.94. The van der Waals surface area contributed by atoms with Gasteiger partial charge in [0.2, 0.25) is 0 Å². The van der Waals surface area contributed by atoms with Crippen LogP contribution in [0, 0.1) is 5.92 Å². The number of aromatic nitrogens is 3. The van der Waals surface area contributed by atoms with Gasteiger partial charge in [-0.05, 0) is 30.5 Å². The largest absolute Gasteiger partial charge is 0.376 e. The third-order valence-electron chi connectivity index (χ3n) is 4.51. The lowest BCUT2D eigenvalue weighted by Crippen LogP contribution is -2.40. The molecule has 158 valence electrons. The molecule has 0 amide bonds. The SMILES string of the molecule is CCNC(=NCc1nncn1-c1ccccc1)NCC(C)COCc1ccccc1. The van der Waals surface area contributed by atoms with Crippen LogP contribution in [0.15, 0.2) is 72.0 Å². The first kappa shape index (κ1) is 21.5. The van der Waals surface area contributed by atoms with E-state index < -0.39 is 0 Å². The molecular weight excluding hydrogens is 376 g/mol. The highest BCUT2D eigenvalue weighted by atomic mass is 16.5. The summed E-state index contributed by atoms with van der Waals surface area (Å²) in [4.78, 5) is 4.67. The predicted octanol–water partition coefficient (Wildman–Crippen LogP) is 3.18. The van der Waals surface area contributed by atoms with Crippen molar-refractivity contribution in [3.63, 3.8) is 0 Å². The van der Waals surface area contributed by atoms with Crippen LogP contribution in [0.2, 0.25) is 0 Å². The molecule has 0 radical (unpaired) electrons. The van der Waals surface area contributed by atoms with Crippen molar-refractivity contribution in [2.45, 2.75) is 27.0 Å². The van der Waals surface area contributed by atoms with E-state index in [0.29, 0.717) is 25.7 Å². The molecule has 0 bridgehead atoms. The highest BCUT2D eigenvalue weighted by Gasteiger charge is 2.08. The summed E-state index contributed by atoms with van der Waals surface area (Å²) in [6.07, 6.45) is 1.71. The molecule has 1 aromatic heterocycles. The Morgan fingerprint density at radius 1 is 1.07 bits per heavy atom. The molecule has 1 atom stereocenters. The highest BCUT2D eigenvalue weighted by molar-refractivity contribution is 5.79. The van der Waals surface area contributed by atoms with Crippen LogP contribution in [0.1, 0.15) is 25.2 Å². The Morgan fingerprint density at radius 3 is 2.53 bits per heavy atom. The molecule has 2 N–H and O–H groups in total. The Morgan fingerprint density at radius 2 is 1.80 bits per heavy atom. The number of rotatable bonds is 10. The second-order valence-corrected chi connectivity index (χ2v) is 7.13. The minimum Gasteiger partial charge on any atom is -0.376 e. The van der Waals surface area contributed by atoms with Crippen LogP contribution in [-0.2, 0) is 17.9 Å². The zero-order valence-electron chi connectivity index (χ0n) is 17.7. The Labute approximate surface area is 178 Å². The van der Waals surface area contributed by atoms with Crippen molar-refractivity contribution in [1.29, 1.82) is 0 Å². The number of ether oxygens (including phenoxy) is 1. The molecule has 0 fully saturated rings. The number of nitrogens with one attached hydrogen (secondary N) is 2. The topological polar surface area (TPSA) is 76.4 Å². The van der Waals surface area contributed by atoms with E-state index in [1.807, 2.05) is 53.1 Å². The second kappa shape index (κ2) is 11.7. The van der Waals surface area contributed by atoms with Crippen LogP contribution < -0.4 is 10.6 Å². The third-order valence-corrected chi connectivity index (χ3v) is 4.51. The van der Waals surface area contributed by atoms with Gasteiger partial charge in [-0.1, -0.05) is 55.5 Å². The zero-order valence-corrected chi connectivity index (χ0v) is 17.7. The minimum atomic E-state index is 0.352. The number of hydrogen-bond acceptors (Lipinski definition) is 4. The first-order valence-electron chi connectivity index (χ1n) is 10.3. The fourth-order valence-electron chi connectivity index (χ4n) is 2.94. The van der Waals surface area contributed by atoms with E-state index in [0.717, 1.165) is 30.6 Å². The lowest BCUT2D eigenvalue weighted by Gasteiger charge is -2.16. The third kappa shape index (κ3) is 6.70. The summed E-state index contributed by atoms with van der Waals surface area (Å²) >= 11 is 0. The average molecular weight is 407 g/mol. The molecule has 0 aliphatic heterocycles. The summed E-state index contributed by atoms with van der Waals surface area (Å²) < 4.78 is 7.79. The van der Waals surface area contributed by atoms with Crippen molar-refractivity contribution in [2.75, 3.05) is 19.7 Å². The maximum atomic E-state index is 5.84. The number of benzene rings is 2. The van der Waals surface area contributed by atoms with E-state index in [1.54, 1.807) is 6.33 Å². The van der Waals surface area contributed by atoms with Gasteiger partial charge in [-0.2, -0.15) is 0 Å². The van der Waals surface area contributed by atoms with E-state index in [-0.39, 0.29) is 0 Å². The number of guanidine groups is 1. The first-order valence-corrected chi connectivity index (χ1v) is 10.3. The number of para-hydroxylation sites is 1. The van der Waals surface area contributed by atoms with Crippen LogP contribution in [0.3, 0.4) is 0 Å². The van der Waals surface area contributed by atoms with Crippen LogP contribution >= 0.6 is 0 Å². The van der Waals surface area contributed by atoms with Crippen molar-refractivity contribution in [3.05, 3.63) is 78.4 Å². The molecule has 1 heterocycles. The molecule has 2 aromatic carbocycles. The fraction of sp³-hybridized carbons (Fsp3) is 0.348. The number of aliphatic imine (C=N–C) groups is 1. The summed E-state index contributed by atoms with van der Waals surface area (Å²) in [5.41, 5.74) is 2.21. The molecule has 3 aromatic rings. The molecule has 30 heavy (non-hydrogen) atoms. The van der Waals surface area contributed by atoms with Crippen molar-refractivity contribution in [3.8, 4) is 5.69 Å². The second-order valence-electron chi connectivity index (χ2n) is 7.13. The van der Waals surface area contributed by atoms with Gasteiger partial charge in [0, 0.05) is 18.8 Å². The van der Waals surface area contributed by atoms with Gasteiger partial charge in [-0.3, -0.25) is 4.57 Å². The number of nitrogens with zero attached hydrogens (tertiary/aromatic N) is 4. The Hall–Kier alpha value is -3.19. The summed E-state index contributed by atoms with van der Waals surface area (Å²) in [6.45, 7) is 7.52. The van der Waals surface area contributed by atoms with Crippen LogP contribution in [-0.4, -0.2) is 40.4 Å². The predicted molar refractivity (Wildman–Crippen MR) is 119 cm³/mol. The quantitative estimate of drug-likeness (QED) is 0.399. The smallest absolute Gasteiger partial charge is 0.191 e. The van der Waals surface area contributed by atoms with Crippen molar-refractivity contribution < 1.29 is 4.74 Å². The van der Waals surface area contributed by atoms with E-state index in [4.69, 9.17) is 4.74 Å². The van der Waals surface area contributed by atoms with Gasteiger partial charge < -0.3 is 15.4 Å². The van der Waals surface area contributed by atoms with Crippen LogP contribution in [0.25, 0.3) is 5.69 Å². The lowest BCUT2D eigenvalue weighted by atomic mass is 10.2. The molecule has 0 aliphatic carbocycles.